The molecule has 0 unspecified atom stereocenters. The van der Waals surface area contributed by atoms with Gasteiger partial charge in [0.15, 0.2) is 5.84 Å². The van der Waals surface area contributed by atoms with E-state index in [0.29, 0.717) is 28.1 Å². The summed E-state index contributed by atoms with van der Waals surface area (Å²) in [7, 11) is 0. The third-order valence-corrected chi connectivity index (χ3v) is 4.56. The molecule has 114 valence electrons. The highest BCUT2D eigenvalue weighted by Crippen LogP contribution is 2.29. The number of halogens is 1. The molecule has 1 fully saturated rings. The Bertz CT molecular complexity index is 540. The first-order valence-corrected chi connectivity index (χ1v) is 7.96. The molecule has 21 heavy (non-hydrogen) atoms. The van der Waals surface area contributed by atoms with Crippen LogP contribution in [0.2, 0.25) is 0 Å². The molecule has 1 aromatic rings. The monoisotopic (exact) mass is 353 g/mol. The van der Waals surface area contributed by atoms with Crippen LogP contribution in [0.5, 0.6) is 0 Å². The quantitative estimate of drug-likeness (QED) is 0.328. The zero-order chi connectivity index (χ0) is 15.2. The van der Waals surface area contributed by atoms with Gasteiger partial charge in [0.05, 0.1) is 5.69 Å². The minimum atomic E-state index is 0.0270. The fourth-order valence-corrected chi connectivity index (χ4v) is 3.16. The highest BCUT2D eigenvalue weighted by Gasteiger charge is 2.16. The van der Waals surface area contributed by atoms with Gasteiger partial charge in [-0.2, -0.15) is 0 Å². The van der Waals surface area contributed by atoms with Crippen molar-refractivity contribution in [3.05, 3.63) is 28.2 Å². The van der Waals surface area contributed by atoms with Crippen molar-refractivity contribution >= 4 is 33.4 Å². The number of nitrogens with zero attached hydrogens (tertiary/aromatic N) is 1. The van der Waals surface area contributed by atoms with E-state index in [1.165, 1.54) is 25.7 Å². The van der Waals surface area contributed by atoms with E-state index in [-0.39, 0.29) is 11.7 Å². The van der Waals surface area contributed by atoms with Gasteiger partial charge in [-0.15, -0.1) is 0 Å². The first kappa shape index (κ1) is 15.8. The van der Waals surface area contributed by atoms with Crippen LogP contribution in [0, 0.1) is 5.92 Å². The van der Waals surface area contributed by atoms with Crippen molar-refractivity contribution in [1.29, 1.82) is 0 Å². The summed E-state index contributed by atoms with van der Waals surface area (Å²) in [6.07, 6.45) is 6.63. The molecule has 0 saturated heterocycles. The maximum absolute atomic E-state index is 12.0. The summed E-state index contributed by atoms with van der Waals surface area (Å²) in [6.45, 7) is 0. The summed E-state index contributed by atoms with van der Waals surface area (Å²) in [6, 6.07) is 5.15. The van der Waals surface area contributed by atoms with Crippen LogP contribution in [0.1, 0.15) is 44.1 Å². The normalized spacial score (nSPS) is 16.1. The second-order valence-electron chi connectivity index (χ2n) is 5.42. The zero-order valence-corrected chi connectivity index (χ0v) is 13.4. The molecule has 0 aromatic heterocycles. The van der Waals surface area contributed by atoms with Gasteiger partial charge in [-0.3, -0.25) is 4.79 Å². The molecule has 0 bridgehead atoms. The number of rotatable bonds is 5. The summed E-state index contributed by atoms with van der Waals surface area (Å²) in [5.41, 5.74) is 6.81. The van der Waals surface area contributed by atoms with E-state index in [4.69, 9.17) is 10.9 Å². The van der Waals surface area contributed by atoms with Crippen LogP contribution in [0.3, 0.4) is 0 Å². The molecule has 0 spiro atoms. The zero-order valence-electron chi connectivity index (χ0n) is 11.8. The van der Waals surface area contributed by atoms with Crippen molar-refractivity contribution in [1.82, 2.24) is 0 Å². The molecule has 1 amide bonds. The summed E-state index contributed by atoms with van der Waals surface area (Å²) in [4.78, 5) is 12.0. The molecular weight excluding hydrogens is 334 g/mol. The van der Waals surface area contributed by atoms with Gasteiger partial charge in [-0.25, -0.2) is 0 Å². The number of carbonyl (C=O) groups is 1. The number of anilines is 1. The summed E-state index contributed by atoms with van der Waals surface area (Å²) < 4.78 is 0.709. The van der Waals surface area contributed by atoms with Gasteiger partial charge >= 0.3 is 0 Å². The molecule has 1 aliphatic rings. The van der Waals surface area contributed by atoms with E-state index in [9.17, 15) is 4.79 Å². The largest absolute Gasteiger partial charge is 0.409 e. The van der Waals surface area contributed by atoms with Gasteiger partial charge < -0.3 is 16.3 Å². The van der Waals surface area contributed by atoms with Crippen molar-refractivity contribution < 1.29 is 10.0 Å². The Hall–Kier alpha value is -1.56. The van der Waals surface area contributed by atoms with Gasteiger partial charge in [-0.05, 0) is 46.5 Å². The number of nitrogens with one attached hydrogen (secondary N) is 1. The average Bonchev–Trinajstić information content (AvgIpc) is 2.99. The molecule has 5 nitrogen and oxygen atoms in total. The molecule has 1 aromatic carbocycles. The predicted molar refractivity (Wildman–Crippen MR) is 86.5 cm³/mol. The van der Waals surface area contributed by atoms with Crippen molar-refractivity contribution in [2.45, 2.75) is 38.5 Å². The lowest BCUT2D eigenvalue weighted by Crippen LogP contribution is -2.15. The second kappa shape index (κ2) is 7.45. The predicted octanol–water partition coefficient (Wildman–Crippen LogP) is 3.45. The molecule has 0 atom stereocenters. The lowest BCUT2D eigenvalue weighted by atomic mass is 10.0. The Morgan fingerprint density at radius 1 is 1.43 bits per heavy atom. The fraction of sp³-hybridized carbons (Fsp3) is 0.467. The summed E-state index contributed by atoms with van der Waals surface area (Å²) in [5.74, 6) is 0.774. The fourth-order valence-electron chi connectivity index (χ4n) is 2.68. The number of carbonyl (C=O) groups excluding carboxylic acids is 1. The second-order valence-corrected chi connectivity index (χ2v) is 6.27. The average molecular weight is 354 g/mol. The Morgan fingerprint density at radius 3 is 2.76 bits per heavy atom. The van der Waals surface area contributed by atoms with E-state index < -0.39 is 0 Å². The summed E-state index contributed by atoms with van der Waals surface area (Å²) in [5, 5.41) is 14.5. The molecule has 4 N–H and O–H groups in total. The van der Waals surface area contributed by atoms with Crippen LogP contribution in [0.4, 0.5) is 5.69 Å². The van der Waals surface area contributed by atoms with Crippen molar-refractivity contribution in [2.75, 3.05) is 5.32 Å². The molecule has 6 heteroatoms. The Labute approximate surface area is 132 Å². The number of amidine groups is 1. The van der Waals surface area contributed by atoms with Crippen LogP contribution < -0.4 is 11.1 Å². The number of hydrogen-bond acceptors (Lipinski definition) is 3. The van der Waals surface area contributed by atoms with E-state index in [1.807, 2.05) is 0 Å². The van der Waals surface area contributed by atoms with E-state index in [2.05, 4.69) is 26.4 Å². The van der Waals surface area contributed by atoms with Crippen molar-refractivity contribution in [3.63, 3.8) is 0 Å². The van der Waals surface area contributed by atoms with E-state index in [1.54, 1.807) is 18.2 Å². The maximum atomic E-state index is 12.0. The maximum Gasteiger partial charge on any atom is 0.224 e. The van der Waals surface area contributed by atoms with Crippen LogP contribution in [-0.2, 0) is 4.79 Å². The topological polar surface area (TPSA) is 87.7 Å². The SMILES string of the molecule is N/C(=N/O)c1ccc(NC(=O)CCC2CCCC2)c(Br)c1. The minimum absolute atomic E-state index is 0.0270. The van der Waals surface area contributed by atoms with Crippen LogP contribution in [0.15, 0.2) is 27.8 Å². The Balaban J connectivity index is 1.91. The van der Waals surface area contributed by atoms with Crippen molar-refractivity contribution in [3.8, 4) is 0 Å². The van der Waals surface area contributed by atoms with Gasteiger partial charge in [0.25, 0.3) is 0 Å². The minimum Gasteiger partial charge on any atom is -0.409 e. The van der Waals surface area contributed by atoms with E-state index in [0.717, 1.165) is 6.42 Å². The van der Waals surface area contributed by atoms with Gasteiger partial charge in [0.2, 0.25) is 5.91 Å². The molecule has 1 aliphatic carbocycles. The third-order valence-electron chi connectivity index (χ3n) is 3.90. The van der Waals surface area contributed by atoms with Crippen LogP contribution >= 0.6 is 15.9 Å². The first-order chi connectivity index (χ1) is 10.1. The smallest absolute Gasteiger partial charge is 0.224 e. The Kier molecular flexibility index (Phi) is 5.61. The highest BCUT2D eigenvalue weighted by atomic mass is 79.9. The molecule has 2 rings (SSSR count). The van der Waals surface area contributed by atoms with Gasteiger partial charge in [0, 0.05) is 16.5 Å². The van der Waals surface area contributed by atoms with E-state index >= 15 is 0 Å². The molecular formula is C15H20BrN3O2. The standard InChI is InChI=1S/C15H20BrN3O2/c16-12-9-11(15(17)19-21)6-7-13(12)18-14(20)8-5-10-3-1-2-4-10/h6-7,9-10,21H,1-5,8H2,(H2,17,19)(H,18,20). The molecule has 1 saturated carbocycles. The molecule has 0 heterocycles. The third kappa shape index (κ3) is 4.46. The Morgan fingerprint density at radius 2 is 2.14 bits per heavy atom. The van der Waals surface area contributed by atoms with Crippen LogP contribution in [0.25, 0.3) is 0 Å². The number of amides is 1. The number of oxime groups is 1. The lowest BCUT2D eigenvalue weighted by molar-refractivity contribution is -0.116. The van der Waals surface area contributed by atoms with Gasteiger partial charge in [0.1, 0.15) is 0 Å². The number of nitrogens with two attached hydrogens (primary N) is 1. The summed E-state index contributed by atoms with van der Waals surface area (Å²) >= 11 is 3.38. The molecule has 0 radical (unpaired) electrons. The lowest BCUT2D eigenvalue weighted by Gasteiger charge is -2.11. The van der Waals surface area contributed by atoms with Crippen LogP contribution in [-0.4, -0.2) is 17.0 Å². The number of hydrogen-bond donors (Lipinski definition) is 3. The first-order valence-electron chi connectivity index (χ1n) is 7.17. The molecule has 0 aliphatic heterocycles. The van der Waals surface area contributed by atoms with Gasteiger partial charge in [-0.1, -0.05) is 30.8 Å². The highest BCUT2D eigenvalue weighted by molar-refractivity contribution is 9.10. The van der Waals surface area contributed by atoms with Crippen molar-refractivity contribution in [2.24, 2.45) is 16.8 Å². The number of benzene rings is 1.